The number of aromatic nitrogens is 2. The minimum atomic E-state index is -0.391. The number of ether oxygens (including phenoxy) is 1. The van der Waals surface area contributed by atoms with E-state index in [0.717, 1.165) is 0 Å². The van der Waals surface area contributed by atoms with Crippen LogP contribution < -0.4 is 10.1 Å². The van der Waals surface area contributed by atoms with Crippen LogP contribution in [0.5, 0.6) is 5.75 Å². The van der Waals surface area contributed by atoms with E-state index < -0.39 is 5.91 Å². The van der Waals surface area contributed by atoms with E-state index >= 15 is 0 Å². The maximum absolute atomic E-state index is 13.2. The summed E-state index contributed by atoms with van der Waals surface area (Å²) in [5, 5.41) is 3.00. The summed E-state index contributed by atoms with van der Waals surface area (Å²) in [6.45, 7) is 0.183. The highest BCUT2D eigenvalue weighted by Crippen LogP contribution is 2.28. The van der Waals surface area contributed by atoms with Crippen LogP contribution in [0.3, 0.4) is 0 Å². The molecule has 126 valence electrons. The Labute approximate surface area is 148 Å². The van der Waals surface area contributed by atoms with Gasteiger partial charge in [-0.1, -0.05) is 23.7 Å². The number of nitrogens with zero attached hydrogens (tertiary/aromatic N) is 2. The van der Waals surface area contributed by atoms with Crippen LogP contribution in [-0.4, -0.2) is 15.9 Å². The van der Waals surface area contributed by atoms with Crippen LogP contribution in [0.2, 0.25) is 5.02 Å². The summed E-state index contributed by atoms with van der Waals surface area (Å²) < 4.78 is 18.7. The number of hydrogen-bond donors (Lipinski definition) is 1. The molecule has 3 aromatic rings. The van der Waals surface area contributed by atoms with Gasteiger partial charge in [0.1, 0.15) is 23.9 Å². The van der Waals surface area contributed by atoms with Gasteiger partial charge in [0.2, 0.25) is 0 Å². The molecule has 5 nitrogen and oxygen atoms in total. The summed E-state index contributed by atoms with van der Waals surface area (Å²) in [4.78, 5) is 19.8. The summed E-state index contributed by atoms with van der Waals surface area (Å²) in [7, 11) is 0. The molecule has 0 saturated carbocycles. The van der Waals surface area contributed by atoms with Crippen molar-refractivity contribution in [1.29, 1.82) is 0 Å². The predicted molar refractivity (Wildman–Crippen MR) is 92.2 cm³/mol. The molecule has 1 N–H and O–H groups in total. The molecule has 0 aliphatic rings. The van der Waals surface area contributed by atoms with Gasteiger partial charge in [0.25, 0.3) is 5.91 Å². The second-order valence-electron chi connectivity index (χ2n) is 5.11. The van der Waals surface area contributed by atoms with Crippen LogP contribution in [0.25, 0.3) is 0 Å². The van der Waals surface area contributed by atoms with Crippen LogP contribution >= 0.6 is 11.6 Å². The van der Waals surface area contributed by atoms with Crippen molar-refractivity contribution in [2.75, 3.05) is 5.32 Å². The maximum Gasteiger partial charge on any atom is 0.275 e. The van der Waals surface area contributed by atoms with E-state index in [-0.39, 0.29) is 18.1 Å². The first-order valence-corrected chi connectivity index (χ1v) is 7.74. The SMILES string of the molecule is O=C(Nc1ccc(OCc2cccc(F)c2)c(Cl)c1)c1cnccn1. The number of anilines is 1. The molecule has 0 radical (unpaired) electrons. The Kier molecular flexibility index (Phi) is 5.20. The van der Waals surface area contributed by atoms with Crippen molar-refractivity contribution in [3.05, 3.63) is 83.2 Å². The van der Waals surface area contributed by atoms with Crippen molar-refractivity contribution in [2.24, 2.45) is 0 Å². The van der Waals surface area contributed by atoms with Gasteiger partial charge in [-0.05, 0) is 35.9 Å². The van der Waals surface area contributed by atoms with Gasteiger partial charge in [-0.2, -0.15) is 0 Å². The third-order valence-electron chi connectivity index (χ3n) is 3.27. The Morgan fingerprint density at radius 1 is 1.20 bits per heavy atom. The minimum Gasteiger partial charge on any atom is -0.487 e. The van der Waals surface area contributed by atoms with Crippen molar-refractivity contribution >= 4 is 23.2 Å². The standard InChI is InChI=1S/C18H13ClFN3O2/c19-15-9-14(23-18(24)16-10-21-6-7-22-16)4-5-17(15)25-11-12-2-1-3-13(20)8-12/h1-10H,11H2,(H,23,24). The summed E-state index contributed by atoms with van der Waals surface area (Å²) >= 11 is 6.18. The normalized spacial score (nSPS) is 10.3. The fourth-order valence-electron chi connectivity index (χ4n) is 2.09. The monoisotopic (exact) mass is 357 g/mol. The topological polar surface area (TPSA) is 64.1 Å². The van der Waals surface area contributed by atoms with Crippen molar-refractivity contribution in [3.63, 3.8) is 0 Å². The number of carbonyl (C=O) groups is 1. The zero-order valence-electron chi connectivity index (χ0n) is 12.9. The molecule has 0 aliphatic carbocycles. The van der Waals surface area contributed by atoms with Crippen molar-refractivity contribution in [3.8, 4) is 5.75 Å². The van der Waals surface area contributed by atoms with Crippen LogP contribution in [0.4, 0.5) is 10.1 Å². The van der Waals surface area contributed by atoms with Crippen LogP contribution in [-0.2, 0) is 6.61 Å². The number of rotatable bonds is 5. The van der Waals surface area contributed by atoms with Gasteiger partial charge in [0, 0.05) is 18.1 Å². The Bertz CT molecular complexity index is 890. The smallest absolute Gasteiger partial charge is 0.275 e. The Morgan fingerprint density at radius 2 is 2.08 bits per heavy atom. The average Bonchev–Trinajstić information content (AvgIpc) is 2.62. The number of halogens is 2. The lowest BCUT2D eigenvalue weighted by atomic mass is 10.2. The molecule has 25 heavy (non-hydrogen) atoms. The molecule has 0 spiro atoms. The van der Waals surface area contributed by atoms with Crippen molar-refractivity contribution in [1.82, 2.24) is 9.97 Å². The van der Waals surface area contributed by atoms with E-state index in [4.69, 9.17) is 16.3 Å². The molecule has 0 fully saturated rings. The molecule has 1 heterocycles. The van der Waals surface area contributed by atoms with E-state index in [1.807, 2.05) is 0 Å². The summed E-state index contributed by atoms with van der Waals surface area (Å²) in [5.74, 6) is -0.282. The molecule has 7 heteroatoms. The molecule has 0 atom stereocenters. The summed E-state index contributed by atoms with van der Waals surface area (Å²) in [5.41, 5.74) is 1.39. The maximum atomic E-state index is 13.2. The van der Waals surface area contributed by atoms with Crippen molar-refractivity contribution in [2.45, 2.75) is 6.61 Å². The Balaban J connectivity index is 1.65. The van der Waals surface area contributed by atoms with Crippen molar-refractivity contribution < 1.29 is 13.9 Å². The number of amides is 1. The molecule has 0 saturated heterocycles. The fourth-order valence-corrected chi connectivity index (χ4v) is 2.33. The highest BCUT2D eigenvalue weighted by Gasteiger charge is 2.09. The first-order valence-electron chi connectivity index (χ1n) is 7.36. The largest absolute Gasteiger partial charge is 0.487 e. The molecule has 2 aromatic carbocycles. The highest BCUT2D eigenvalue weighted by atomic mass is 35.5. The minimum absolute atomic E-state index is 0.183. The summed E-state index contributed by atoms with van der Waals surface area (Å²) in [6, 6.07) is 11.0. The highest BCUT2D eigenvalue weighted by molar-refractivity contribution is 6.32. The van der Waals surface area contributed by atoms with E-state index in [9.17, 15) is 9.18 Å². The van der Waals surface area contributed by atoms with Gasteiger partial charge in [-0.25, -0.2) is 9.37 Å². The van der Waals surface area contributed by atoms with E-state index in [1.54, 1.807) is 30.3 Å². The van der Waals surface area contributed by atoms with Gasteiger partial charge < -0.3 is 10.1 Å². The third-order valence-corrected chi connectivity index (χ3v) is 3.56. The van der Waals surface area contributed by atoms with E-state index in [1.165, 1.54) is 30.7 Å². The van der Waals surface area contributed by atoms with Gasteiger partial charge >= 0.3 is 0 Å². The number of carbonyl (C=O) groups excluding carboxylic acids is 1. The molecule has 0 bridgehead atoms. The average molecular weight is 358 g/mol. The zero-order valence-corrected chi connectivity index (χ0v) is 13.7. The van der Waals surface area contributed by atoms with Gasteiger partial charge in [0.05, 0.1) is 11.2 Å². The zero-order chi connectivity index (χ0) is 17.6. The Hall–Kier alpha value is -2.99. The Morgan fingerprint density at radius 3 is 2.80 bits per heavy atom. The third kappa shape index (κ3) is 4.51. The fraction of sp³-hybridized carbons (Fsp3) is 0.0556. The lowest BCUT2D eigenvalue weighted by Gasteiger charge is -2.10. The van der Waals surface area contributed by atoms with Crippen LogP contribution in [0.1, 0.15) is 16.1 Å². The molecule has 0 unspecified atom stereocenters. The predicted octanol–water partition coefficient (Wildman–Crippen LogP) is 4.10. The number of benzene rings is 2. The van der Waals surface area contributed by atoms with Crippen LogP contribution in [0, 0.1) is 5.82 Å². The molecule has 3 rings (SSSR count). The first-order chi connectivity index (χ1) is 12.1. The van der Waals surface area contributed by atoms with Gasteiger partial charge in [0.15, 0.2) is 0 Å². The molecular formula is C18H13ClFN3O2. The quantitative estimate of drug-likeness (QED) is 0.746. The number of hydrogen-bond acceptors (Lipinski definition) is 4. The van der Waals surface area contributed by atoms with Gasteiger partial charge in [-0.3, -0.25) is 9.78 Å². The molecule has 1 amide bonds. The van der Waals surface area contributed by atoms with Gasteiger partial charge in [-0.15, -0.1) is 0 Å². The van der Waals surface area contributed by atoms with Crippen LogP contribution in [0.15, 0.2) is 61.1 Å². The van der Waals surface area contributed by atoms with E-state index in [0.29, 0.717) is 22.0 Å². The number of nitrogens with one attached hydrogen (secondary N) is 1. The second kappa shape index (κ2) is 7.72. The molecular weight excluding hydrogens is 345 g/mol. The lowest BCUT2D eigenvalue weighted by molar-refractivity contribution is 0.102. The molecule has 1 aromatic heterocycles. The summed E-state index contributed by atoms with van der Waals surface area (Å²) in [6.07, 6.45) is 4.29. The van der Waals surface area contributed by atoms with E-state index in [2.05, 4.69) is 15.3 Å². The second-order valence-corrected chi connectivity index (χ2v) is 5.52. The molecule has 0 aliphatic heterocycles. The first kappa shape index (κ1) is 16.9. The lowest BCUT2D eigenvalue weighted by Crippen LogP contribution is -2.13.